The van der Waals surface area contributed by atoms with Crippen molar-refractivity contribution in [2.24, 2.45) is 5.41 Å². The van der Waals surface area contributed by atoms with Crippen molar-refractivity contribution in [3.8, 4) is 0 Å². The van der Waals surface area contributed by atoms with Crippen LogP contribution in [0.3, 0.4) is 0 Å². The Morgan fingerprint density at radius 2 is 2.00 bits per heavy atom. The van der Waals surface area contributed by atoms with Crippen LogP contribution in [-0.4, -0.2) is 62.2 Å². The van der Waals surface area contributed by atoms with Gasteiger partial charge in [-0.25, -0.2) is 0 Å². The van der Waals surface area contributed by atoms with Crippen LogP contribution in [0.15, 0.2) is 0 Å². The highest BCUT2D eigenvalue weighted by Crippen LogP contribution is 2.31. The molecule has 2 heterocycles. The molecule has 0 aliphatic carbocycles. The summed E-state index contributed by atoms with van der Waals surface area (Å²) in [6.07, 6.45) is 1.96. The summed E-state index contributed by atoms with van der Waals surface area (Å²) in [6.45, 7) is 7.67. The number of hydrogen-bond acceptors (Lipinski definition) is 4. The molecular weight excluding hydrogens is 206 g/mol. The van der Waals surface area contributed by atoms with Crippen LogP contribution in [0, 0.1) is 5.41 Å². The van der Waals surface area contributed by atoms with E-state index >= 15 is 0 Å². The van der Waals surface area contributed by atoms with Crippen LogP contribution in [0.5, 0.6) is 0 Å². The van der Waals surface area contributed by atoms with Crippen molar-refractivity contribution in [2.45, 2.75) is 25.8 Å². The Morgan fingerprint density at radius 1 is 1.25 bits per heavy atom. The zero-order chi connectivity index (χ0) is 11.4. The smallest absolute Gasteiger partial charge is 0.0619 e. The lowest BCUT2D eigenvalue weighted by Crippen LogP contribution is -2.51. The quantitative estimate of drug-likeness (QED) is 0.765. The first-order valence-electron chi connectivity index (χ1n) is 6.26. The summed E-state index contributed by atoms with van der Waals surface area (Å²) in [5.41, 5.74) is 0.0594. The summed E-state index contributed by atoms with van der Waals surface area (Å²) in [5, 5.41) is 9.64. The minimum atomic E-state index is 0.0594. The van der Waals surface area contributed by atoms with Gasteiger partial charge in [-0.3, -0.25) is 4.90 Å². The molecule has 2 rings (SSSR count). The van der Waals surface area contributed by atoms with Gasteiger partial charge in [-0.15, -0.1) is 0 Å². The van der Waals surface area contributed by atoms with Crippen LogP contribution in [0.1, 0.15) is 19.8 Å². The zero-order valence-electron chi connectivity index (χ0n) is 10.2. The first-order valence-corrected chi connectivity index (χ1v) is 6.26. The van der Waals surface area contributed by atoms with E-state index in [1.165, 1.54) is 0 Å². The second kappa shape index (κ2) is 5.45. The Balaban J connectivity index is 1.93. The molecule has 0 bridgehead atoms. The van der Waals surface area contributed by atoms with Crippen molar-refractivity contribution in [1.29, 1.82) is 0 Å². The van der Waals surface area contributed by atoms with Crippen LogP contribution < -0.4 is 0 Å². The van der Waals surface area contributed by atoms with Crippen molar-refractivity contribution >= 4 is 0 Å². The van der Waals surface area contributed by atoms with Crippen LogP contribution in [0.4, 0.5) is 0 Å². The predicted molar refractivity (Wildman–Crippen MR) is 61.4 cm³/mol. The summed E-state index contributed by atoms with van der Waals surface area (Å²) >= 11 is 0. The molecule has 1 unspecified atom stereocenters. The maximum absolute atomic E-state index is 9.64. The summed E-state index contributed by atoms with van der Waals surface area (Å²) < 4.78 is 10.8. The average molecular weight is 229 g/mol. The topological polar surface area (TPSA) is 41.9 Å². The fourth-order valence-electron chi connectivity index (χ4n) is 2.60. The van der Waals surface area contributed by atoms with Crippen LogP contribution >= 0.6 is 0 Å². The molecule has 0 aromatic heterocycles. The molecule has 0 amide bonds. The highest BCUT2D eigenvalue weighted by molar-refractivity contribution is 4.87. The number of rotatable bonds is 3. The molecule has 0 spiro atoms. The molecule has 1 atom stereocenters. The van der Waals surface area contributed by atoms with Crippen molar-refractivity contribution in [3.05, 3.63) is 0 Å². The molecule has 94 valence electrons. The average Bonchev–Trinajstić information content (AvgIpc) is 2.33. The van der Waals surface area contributed by atoms with Crippen LogP contribution in [-0.2, 0) is 9.47 Å². The van der Waals surface area contributed by atoms with Crippen LogP contribution in [0.25, 0.3) is 0 Å². The molecule has 2 aliphatic rings. The summed E-state index contributed by atoms with van der Waals surface area (Å²) in [4.78, 5) is 2.45. The van der Waals surface area contributed by atoms with Gasteiger partial charge in [0.05, 0.1) is 19.8 Å². The van der Waals surface area contributed by atoms with Crippen molar-refractivity contribution < 1.29 is 14.6 Å². The van der Waals surface area contributed by atoms with Gasteiger partial charge in [0.1, 0.15) is 0 Å². The Kier molecular flexibility index (Phi) is 4.19. The molecule has 2 fully saturated rings. The number of nitrogens with zero attached hydrogens (tertiary/aromatic N) is 1. The third-order valence-electron chi connectivity index (χ3n) is 3.93. The van der Waals surface area contributed by atoms with Gasteiger partial charge in [0.2, 0.25) is 0 Å². The predicted octanol–water partition coefficient (Wildman–Crippen LogP) is 0.496. The van der Waals surface area contributed by atoms with E-state index in [-0.39, 0.29) is 12.0 Å². The van der Waals surface area contributed by atoms with Gasteiger partial charge in [-0.05, 0) is 19.8 Å². The summed E-state index contributed by atoms with van der Waals surface area (Å²) in [5.74, 6) is 0. The second-order valence-corrected chi connectivity index (χ2v) is 5.16. The van der Waals surface area contributed by atoms with E-state index in [2.05, 4.69) is 11.8 Å². The van der Waals surface area contributed by atoms with E-state index in [0.717, 1.165) is 52.4 Å². The third kappa shape index (κ3) is 2.74. The van der Waals surface area contributed by atoms with Crippen molar-refractivity contribution in [2.75, 3.05) is 46.1 Å². The maximum Gasteiger partial charge on any atom is 0.0619 e. The van der Waals surface area contributed by atoms with Gasteiger partial charge in [0.15, 0.2) is 0 Å². The largest absolute Gasteiger partial charge is 0.396 e. The number of morpholine rings is 1. The molecule has 0 aromatic rings. The molecular formula is C12H23NO3. The molecule has 16 heavy (non-hydrogen) atoms. The van der Waals surface area contributed by atoms with E-state index in [4.69, 9.17) is 9.47 Å². The lowest BCUT2D eigenvalue weighted by atomic mass is 9.80. The highest BCUT2D eigenvalue weighted by Gasteiger charge is 2.35. The van der Waals surface area contributed by atoms with Crippen molar-refractivity contribution in [3.63, 3.8) is 0 Å². The van der Waals surface area contributed by atoms with Crippen molar-refractivity contribution in [1.82, 2.24) is 4.90 Å². The Hall–Kier alpha value is -0.160. The molecule has 2 aliphatic heterocycles. The second-order valence-electron chi connectivity index (χ2n) is 5.16. The van der Waals surface area contributed by atoms with E-state index in [1.807, 2.05) is 0 Å². The Bertz CT molecular complexity index is 216. The summed E-state index contributed by atoms with van der Waals surface area (Å²) in [7, 11) is 0. The SMILES string of the molecule is CC1COCCN1CC1(CO)CCOCC1. The minimum absolute atomic E-state index is 0.0594. The first kappa shape index (κ1) is 12.3. The van der Waals surface area contributed by atoms with E-state index in [0.29, 0.717) is 6.04 Å². The lowest BCUT2D eigenvalue weighted by molar-refractivity contribution is -0.0672. The zero-order valence-corrected chi connectivity index (χ0v) is 10.2. The third-order valence-corrected chi connectivity index (χ3v) is 3.93. The number of ether oxygens (including phenoxy) is 2. The normalized spacial score (nSPS) is 31.5. The van der Waals surface area contributed by atoms with Gasteiger partial charge in [-0.1, -0.05) is 0 Å². The Morgan fingerprint density at radius 3 is 2.62 bits per heavy atom. The molecule has 1 N–H and O–H groups in total. The van der Waals surface area contributed by atoms with E-state index < -0.39 is 0 Å². The van der Waals surface area contributed by atoms with E-state index in [9.17, 15) is 5.11 Å². The van der Waals surface area contributed by atoms with Gasteiger partial charge in [0, 0.05) is 37.8 Å². The van der Waals surface area contributed by atoms with Gasteiger partial charge >= 0.3 is 0 Å². The standard InChI is InChI=1S/C12H23NO3/c1-11-8-16-7-4-13(11)9-12(10-14)2-5-15-6-3-12/h11,14H,2-10H2,1H3. The maximum atomic E-state index is 9.64. The number of hydrogen-bond donors (Lipinski definition) is 1. The van der Waals surface area contributed by atoms with E-state index in [1.54, 1.807) is 0 Å². The fourth-order valence-corrected chi connectivity index (χ4v) is 2.60. The number of aliphatic hydroxyl groups excluding tert-OH is 1. The van der Waals surface area contributed by atoms with Crippen LogP contribution in [0.2, 0.25) is 0 Å². The summed E-state index contributed by atoms with van der Waals surface area (Å²) in [6, 6.07) is 0.472. The van der Waals surface area contributed by atoms with Gasteiger partial charge < -0.3 is 14.6 Å². The molecule has 4 nitrogen and oxygen atoms in total. The molecule has 2 saturated heterocycles. The minimum Gasteiger partial charge on any atom is -0.396 e. The molecule has 0 radical (unpaired) electrons. The molecule has 0 aromatic carbocycles. The molecule has 0 saturated carbocycles. The number of aliphatic hydroxyl groups is 1. The highest BCUT2D eigenvalue weighted by atomic mass is 16.5. The molecule has 4 heteroatoms. The Labute approximate surface area is 97.5 Å². The van der Waals surface area contributed by atoms with Gasteiger partial charge in [-0.2, -0.15) is 0 Å². The van der Waals surface area contributed by atoms with Gasteiger partial charge in [0.25, 0.3) is 0 Å². The fraction of sp³-hybridized carbons (Fsp3) is 1.00. The monoisotopic (exact) mass is 229 g/mol. The lowest BCUT2D eigenvalue weighted by Gasteiger charge is -2.43. The first-order chi connectivity index (χ1) is 7.76.